The highest BCUT2D eigenvalue weighted by Crippen LogP contribution is 2.45. The monoisotopic (exact) mass is 366 g/mol. The summed E-state index contributed by atoms with van der Waals surface area (Å²) in [5, 5.41) is 5.13. The van der Waals surface area contributed by atoms with Gasteiger partial charge in [0.15, 0.2) is 0 Å². The van der Waals surface area contributed by atoms with E-state index >= 15 is 0 Å². The molecule has 1 amide bonds. The second kappa shape index (κ2) is 7.33. The first-order valence-corrected chi connectivity index (χ1v) is 9.52. The summed E-state index contributed by atoms with van der Waals surface area (Å²) in [6, 6.07) is 14.4. The van der Waals surface area contributed by atoms with E-state index in [1.165, 1.54) is 0 Å². The van der Waals surface area contributed by atoms with Crippen LogP contribution in [-0.4, -0.2) is 37.8 Å². The molecule has 5 heteroatoms. The molecule has 0 bridgehead atoms. The molecular weight excluding hydrogens is 340 g/mol. The summed E-state index contributed by atoms with van der Waals surface area (Å²) in [6.07, 6.45) is 2.18. The van der Waals surface area contributed by atoms with Crippen LogP contribution in [0.3, 0.4) is 0 Å². The number of benzene rings is 2. The summed E-state index contributed by atoms with van der Waals surface area (Å²) in [6.45, 7) is 3.09. The molecule has 2 heterocycles. The van der Waals surface area contributed by atoms with Crippen molar-refractivity contribution in [2.75, 3.05) is 20.8 Å². The van der Waals surface area contributed by atoms with Crippen molar-refractivity contribution < 1.29 is 14.4 Å². The van der Waals surface area contributed by atoms with Crippen LogP contribution in [0.4, 0.5) is 0 Å². The molecule has 1 fully saturated rings. The number of amides is 1. The third kappa shape index (κ3) is 3.11. The van der Waals surface area contributed by atoms with Crippen LogP contribution in [0.5, 0.6) is 5.75 Å². The number of hydroxylamine groups is 2. The Kier molecular flexibility index (Phi) is 4.89. The van der Waals surface area contributed by atoms with Gasteiger partial charge in [-0.2, -0.15) is 0 Å². The van der Waals surface area contributed by atoms with Gasteiger partial charge >= 0.3 is 0 Å². The lowest BCUT2D eigenvalue weighted by molar-refractivity contribution is -0.132. The van der Waals surface area contributed by atoms with Crippen molar-refractivity contribution in [3.8, 4) is 16.9 Å². The molecule has 0 radical (unpaired) electrons. The Morgan fingerprint density at radius 3 is 2.41 bits per heavy atom. The Balaban J connectivity index is 1.80. The normalized spacial score (nSPS) is 24.8. The van der Waals surface area contributed by atoms with Crippen molar-refractivity contribution in [2.45, 2.75) is 31.8 Å². The van der Waals surface area contributed by atoms with Crippen molar-refractivity contribution in [3.05, 3.63) is 53.6 Å². The molecule has 0 aliphatic carbocycles. The lowest BCUT2D eigenvalue weighted by Crippen LogP contribution is -2.42. The maximum atomic E-state index is 13.0. The van der Waals surface area contributed by atoms with Gasteiger partial charge in [-0.1, -0.05) is 24.3 Å². The van der Waals surface area contributed by atoms with Gasteiger partial charge in [-0.25, -0.2) is 5.06 Å². The van der Waals surface area contributed by atoms with E-state index in [0.29, 0.717) is 12.0 Å². The molecule has 3 atom stereocenters. The summed E-state index contributed by atoms with van der Waals surface area (Å²) < 4.78 is 5.28. The van der Waals surface area contributed by atoms with E-state index in [1.807, 2.05) is 36.4 Å². The number of hydrogen-bond acceptors (Lipinski definition) is 4. The van der Waals surface area contributed by atoms with E-state index in [2.05, 4.69) is 18.3 Å². The largest absolute Gasteiger partial charge is 0.497 e. The molecule has 5 nitrogen and oxygen atoms in total. The third-order valence-electron chi connectivity index (χ3n) is 5.83. The summed E-state index contributed by atoms with van der Waals surface area (Å²) in [5.74, 6) is 1.10. The molecule has 2 aliphatic heterocycles. The van der Waals surface area contributed by atoms with Gasteiger partial charge in [0.05, 0.1) is 20.3 Å². The molecule has 3 unspecified atom stereocenters. The van der Waals surface area contributed by atoms with Crippen LogP contribution in [0.15, 0.2) is 42.5 Å². The van der Waals surface area contributed by atoms with Crippen LogP contribution in [0.2, 0.25) is 0 Å². The molecule has 0 aromatic heterocycles. The van der Waals surface area contributed by atoms with Crippen molar-refractivity contribution >= 4 is 5.91 Å². The number of carbonyl (C=O) groups excluding carboxylic acids is 1. The minimum absolute atomic E-state index is 0.0496. The summed E-state index contributed by atoms with van der Waals surface area (Å²) in [5.41, 5.74) is 4.00. The number of fused-ring (bicyclic) bond motifs is 1. The Bertz CT molecular complexity index is 826. The Morgan fingerprint density at radius 2 is 1.78 bits per heavy atom. The van der Waals surface area contributed by atoms with E-state index in [4.69, 9.17) is 9.57 Å². The maximum Gasteiger partial charge on any atom is 0.278 e. The number of methoxy groups -OCH3 is 1. The molecule has 1 N–H and O–H groups in total. The quantitative estimate of drug-likeness (QED) is 0.894. The Hall–Kier alpha value is -2.37. The number of hydrogen-bond donors (Lipinski definition) is 1. The molecule has 142 valence electrons. The van der Waals surface area contributed by atoms with Gasteiger partial charge < -0.3 is 10.1 Å². The Morgan fingerprint density at radius 1 is 1.04 bits per heavy atom. The van der Waals surface area contributed by atoms with E-state index in [1.54, 1.807) is 19.3 Å². The van der Waals surface area contributed by atoms with E-state index in [0.717, 1.165) is 47.4 Å². The second-order valence-corrected chi connectivity index (χ2v) is 7.40. The fourth-order valence-corrected chi connectivity index (χ4v) is 4.37. The second-order valence-electron chi connectivity index (χ2n) is 7.40. The fourth-order valence-electron chi connectivity index (χ4n) is 4.37. The van der Waals surface area contributed by atoms with Gasteiger partial charge in [-0.3, -0.25) is 9.63 Å². The number of piperidine rings is 1. The van der Waals surface area contributed by atoms with Crippen LogP contribution in [0.25, 0.3) is 11.1 Å². The molecule has 2 aromatic rings. The number of ether oxygens (including phenoxy) is 1. The third-order valence-corrected chi connectivity index (χ3v) is 5.83. The van der Waals surface area contributed by atoms with Crippen molar-refractivity contribution in [3.63, 3.8) is 0 Å². The summed E-state index contributed by atoms with van der Waals surface area (Å²) >= 11 is 0. The molecule has 4 rings (SSSR count). The maximum absolute atomic E-state index is 13.0. The lowest BCUT2D eigenvalue weighted by Gasteiger charge is -2.36. The molecule has 1 saturated heterocycles. The average Bonchev–Trinajstić information content (AvgIpc) is 3.01. The fraction of sp³-hybridized carbons (Fsp3) is 0.409. The van der Waals surface area contributed by atoms with Gasteiger partial charge in [-0.05, 0) is 60.6 Å². The Labute approximate surface area is 160 Å². The van der Waals surface area contributed by atoms with Crippen molar-refractivity contribution in [1.29, 1.82) is 0 Å². The number of rotatable bonds is 4. The SMILES string of the molecule is COc1ccc(-c2cccc3c2C(C2CCC(C)NC2)N(OC)C3=O)cc1. The van der Waals surface area contributed by atoms with Crippen LogP contribution >= 0.6 is 0 Å². The van der Waals surface area contributed by atoms with Gasteiger partial charge in [0, 0.05) is 18.2 Å². The summed E-state index contributed by atoms with van der Waals surface area (Å²) in [7, 11) is 3.25. The number of nitrogens with zero attached hydrogens (tertiary/aromatic N) is 1. The summed E-state index contributed by atoms with van der Waals surface area (Å²) in [4.78, 5) is 18.6. The van der Waals surface area contributed by atoms with Crippen molar-refractivity contribution in [1.82, 2.24) is 10.4 Å². The first-order chi connectivity index (χ1) is 13.1. The number of carbonyl (C=O) groups is 1. The van der Waals surface area contributed by atoms with Crippen LogP contribution in [0.1, 0.15) is 41.7 Å². The van der Waals surface area contributed by atoms with Crippen LogP contribution < -0.4 is 10.1 Å². The van der Waals surface area contributed by atoms with Gasteiger partial charge in [-0.15, -0.1) is 0 Å². The minimum atomic E-state index is -0.0733. The first-order valence-electron chi connectivity index (χ1n) is 9.52. The minimum Gasteiger partial charge on any atom is -0.497 e. The van der Waals surface area contributed by atoms with E-state index in [9.17, 15) is 4.79 Å². The predicted octanol–water partition coefficient (Wildman–Crippen LogP) is 3.81. The van der Waals surface area contributed by atoms with Crippen LogP contribution in [-0.2, 0) is 4.84 Å². The highest BCUT2D eigenvalue weighted by Gasteiger charge is 2.44. The first kappa shape index (κ1) is 18.0. The molecule has 2 aromatic carbocycles. The zero-order valence-corrected chi connectivity index (χ0v) is 16.1. The van der Waals surface area contributed by atoms with Gasteiger partial charge in [0.2, 0.25) is 0 Å². The molecule has 2 aliphatic rings. The van der Waals surface area contributed by atoms with E-state index in [-0.39, 0.29) is 11.9 Å². The number of nitrogens with one attached hydrogen (secondary N) is 1. The van der Waals surface area contributed by atoms with Gasteiger partial charge in [0.25, 0.3) is 5.91 Å². The predicted molar refractivity (Wildman–Crippen MR) is 105 cm³/mol. The smallest absolute Gasteiger partial charge is 0.278 e. The van der Waals surface area contributed by atoms with Gasteiger partial charge in [0.1, 0.15) is 5.75 Å². The molecule has 0 saturated carbocycles. The standard InChI is InChI=1S/C22H26N2O3/c1-14-7-8-16(13-23-14)21-20-18(15-9-11-17(26-2)12-10-15)5-4-6-19(20)22(25)24(21)27-3/h4-6,9-12,14,16,21,23H,7-8,13H2,1-3H3. The topological polar surface area (TPSA) is 50.8 Å². The molecular formula is C22H26N2O3. The highest BCUT2D eigenvalue weighted by molar-refractivity contribution is 6.01. The van der Waals surface area contributed by atoms with Crippen molar-refractivity contribution in [2.24, 2.45) is 5.92 Å². The average molecular weight is 366 g/mol. The molecule has 27 heavy (non-hydrogen) atoms. The highest BCUT2D eigenvalue weighted by atomic mass is 16.7. The van der Waals surface area contributed by atoms with E-state index < -0.39 is 0 Å². The zero-order chi connectivity index (χ0) is 19.0. The van der Waals surface area contributed by atoms with Crippen LogP contribution in [0, 0.1) is 5.92 Å². The molecule has 0 spiro atoms. The lowest BCUT2D eigenvalue weighted by atomic mass is 9.82. The zero-order valence-electron chi connectivity index (χ0n) is 16.1.